The summed E-state index contributed by atoms with van der Waals surface area (Å²) in [4.78, 5) is 18.2. The van der Waals surface area contributed by atoms with Crippen molar-refractivity contribution < 1.29 is 23.7 Å². The van der Waals surface area contributed by atoms with E-state index in [9.17, 15) is 18.8 Å². The summed E-state index contributed by atoms with van der Waals surface area (Å²) in [7, 11) is 0. The van der Waals surface area contributed by atoms with Crippen LogP contribution in [0.3, 0.4) is 0 Å². The van der Waals surface area contributed by atoms with Crippen LogP contribution in [0.1, 0.15) is 61.6 Å². The van der Waals surface area contributed by atoms with E-state index in [4.69, 9.17) is 0 Å². The van der Waals surface area contributed by atoms with E-state index >= 15 is 0 Å². The first-order valence-electron chi connectivity index (χ1n) is 12.0. The molecule has 0 aromatic heterocycles. The zero-order valence-corrected chi connectivity index (χ0v) is 18.8. The number of alkyl halides is 2. The van der Waals surface area contributed by atoms with E-state index in [-0.39, 0.29) is 43.1 Å². The highest BCUT2D eigenvalue weighted by atomic mass is 19.3. The van der Waals surface area contributed by atoms with Crippen molar-refractivity contribution in [1.29, 1.82) is 0 Å². The van der Waals surface area contributed by atoms with Gasteiger partial charge in [0.25, 0.3) is 0 Å². The molecule has 33 heavy (non-hydrogen) atoms. The Hall–Kier alpha value is -2.31. The maximum atomic E-state index is 14.6. The molecule has 5 rings (SSSR count). The van der Waals surface area contributed by atoms with Crippen LogP contribution in [0.25, 0.3) is 0 Å². The molecule has 4 nitrogen and oxygen atoms in total. The Bertz CT molecular complexity index is 993. The maximum Gasteiger partial charge on any atom is 0.353 e. The van der Waals surface area contributed by atoms with Crippen molar-refractivity contribution in [3.63, 3.8) is 0 Å². The van der Waals surface area contributed by atoms with Crippen molar-refractivity contribution in [3.8, 4) is 0 Å². The van der Waals surface area contributed by atoms with Crippen LogP contribution in [0.5, 0.6) is 0 Å². The van der Waals surface area contributed by atoms with E-state index in [1.165, 1.54) is 0 Å². The maximum absolute atomic E-state index is 14.6. The van der Waals surface area contributed by atoms with E-state index < -0.39 is 23.2 Å². The number of carbonyl (C=O) groups excluding carboxylic acids is 1. The summed E-state index contributed by atoms with van der Waals surface area (Å²) in [5.41, 5.74) is 1.41. The summed E-state index contributed by atoms with van der Waals surface area (Å²) in [5.74, 6) is -4.28. The van der Waals surface area contributed by atoms with Gasteiger partial charge in [-0.1, -0.05) is 61.5 Å². The number of hydrogen-bond donors (Lipinski definition) is 2. The van der Waals surface area contributed by atoms with E-state index in [1.54, 1.807) is 0 Å². The number of hydrogen-bond acceptors (Lipinski definition) is 4. The highest BCUT2D eigenvalue weighted by Gasteiger charge is 2.65. The fourth-order valence-electron chi connectivity index (χ4n) is 7.20. The van der Waals surface area contributed by atoms with Crippen molar-refractivity contribution in [1.82, 2.24) is 5.32 Å². The topological polar surface area (TPSA) is 58.6 Å². The van der Waals surface area contributed by atoms with Crippen molar-refractivity contribution in [2.24, 2.45) is 17.8 Å². The molecular weight excluding hydrogens is 424 g/mol. The van der Waals surface area contributed by atoms with Crippen LogP contribution in [0.15, 0.2) is 54.6 Å². The van der Waals surface area contributed by atoms with Gasteiger partial charge in [0.2, 0.25) is 5.92 Å². The summed E-state index contributed by atoms with van der Waals surface area (Å²) in [5, 5.41) is 13.3. The average molecular weight is 456 g/mol. The Kier molecular flexibility index (Phi) is 5.78. The molecule has 0 radical (unpaired) electrons. The molecule has 5 unspecified atom stereocenters. The second-order valence-corrected chi connectivity index (χ2v) is 10.1. The Morgan fingerprint density at radius 2 is 1.85 bits per heavy atom. The standard InChI is InChI=1S/C27H31F2NO3/c1-17(18-7-3-2-4-8-18)21-9-5-6-10-22(21)27(25(31)33-32,20-13-14-26(28,29)15-20)24-19-11-12-23(24)30-16-19/h2-10,17,19-20,23-24,30,32H,11-16H2,1H3/t17-,19?,20?,23?,24?,27?/m1/s1. The lowest BCUT2D eigenvalue weighted by Gasteiger charge is -2.44. The van der Waals surface area contributed by atoms with E-state index in [0.717, 1.165) is 36.1 Å². The molecular formula is C27H31F2NO3. The fraction of sp³-hybridized carbons (Fsp3) is 0.519. The van der Waals surface area contributed by atoms with Crippen LogP contribution in [-0.4, -0.2) is 29.7 Å². The smallest absolute Gasteiger partial charge is 0.313 e. The lowest BCUT2D eigenvalue weighted by Crippen LogP contribution is -2.53. The molecule has 2 bridgehead atoms. The molecule has 176 valence electrons. The predicted octanol–water partition coefficient (Wildman–Crippen LogP) is 5.53. The van der Waals surface area contributed by atoms with Gasteiger partial charge in [-0.25, -0.2) is 13.6 Å². The molecule has 0 spiro atoms. The molecule has 2 saturated carbocycles. The van der Waals surface area contributed by atoms with Crippen molar-refractivity contribution in [2.45, 2.75) is 62.3 Å². The molecule has 6 atom stereocenters. The molecule has 2 aromatic rings. The highest BCUT2D eigenvalue weighted by molar-refractivity contribution is 5.85. The molecule has 1 aliphatic heterocycles. The normalized spacial score (nSPS) is 30.7. The summed E-state index contributed by atoms with van der Waals surface area (Å²) in [6, 6.07) is 17.7. The molecule has 6 heteroatoms. The zero-order chi connectivity index (χ0) is 23.2. The number of rotatable bonds is 6. The van der Waals surface area contributed by atoms with Crippen molar-refractivity contribution >= 4 is 5.97 Å². The Labute approximate surface area is 193 Å². The molecule has 3 fully saturated rings. The molecule has 1 saturated heterocycles. The highest BCUT2D eigenvalue weighted by Crippen LogP contribution is 2.59. The summed E-state index contributed by atoms with van der Waals surface area (Å²) in [6.45, 7) is 2.84. The lowest BCUT2D eigenvalue weighted by atomic mass is 9.57. The third kappa shape index (κ3) is 3.58. The van der Waals surface area contributed by atoms with Crippen LogP contribution in [0, 0.1) is 17.8 Å². The van der Waals surface area contributed by atoms with Gasteiger partial charge in [0.1, 0.15) is 5.41 Å². The Balaban J connectivity index is 1.73. The Morgan fingerprint density at radius 1 is 1.12 bits per heavy atom. The zero-order valence-electron chi connectivity index (χ0n) is 18.8. The van der Waals surface area contributed by atoms with Crippen LogP contribution < -0.4 is 5.32 Å². The quantitative estimate of drug-likeness (QED) is 0.444. The first-order valence-corrected chi connectivity index (χ1v) is 12.0. The van der Waals surface area contributed by atoms with Crippen LogP contribution in [-0.2, 0) is 15.1 Å². The average Bonchev–Trinajstić information content (AvgIpc) is 3.55. The van der Waals surface area contributed by atoms with Gasteiger partial charge in [-0.3, -0.25) is 4.89 Å². The van der Waals surface area contributed by atoms with Crippen LogP contribution >= 0.6 is 0 Å². The van der Waals surface area contributed by atoms with E-state index in [2.05, 4.69) is 17.1 Å². The molecule has 2 aliphatic carbocycles. The minimum atomic E-state index is -2.82. The number of nitrogens with one attached hydrogen (secondary N) is 1. The van der Waals surface area contributed by atoms with Crippen molar-refractivity contribution in [2.75, 3.05) is 6.54 Å². The number of piperidine rings is 1. The summed E-state index contributed by atoms with van der Waals surface area (Å²) < 4.78 is 29.2. The van der Waals surface area contributed by atoms with E-state index in [1.807, 2.05) is 54.6 Å². The molecule has 1 heterocycles. The number of halogens is 2. The Morgan fingerprint density at radius 3 is 2.42 bits per heavy atom. The number of benzene rings is 2. The lowest BCUT2D eigenvalue weighted by molar-refractivity contribution is -0.246. The third-order valence-corrected chi connectivity index (χ3v) is 8.60. The van der Waals surface area contributed by atoms with Gasteiger partial charge in [-0.15, -0.1) is 0 Å². The number of carbonyl (C=O) groups is 1. The van der Waals surface area contributed by atoms with Gasteiger partial charge in [-0.2, -0.15) is 5.26 Å². The SMILES string of the molecule is C[C@H](c1ccccc1)c1ccccc1C(C(=O)OO)(C1CCC(F)(F)C1)C1C2CCC1NC2. The third-order valence-electron chi connectivity index (χ3n) is 8.60. The largest absolute Gasteiger partial charge is 0.353 e. The first kappa shape index (κ1) is 22.5. The van der Waals surface area contributed by atoms with Crippen LogP contribution in [0.2, 0.25) is 0 Å². The van der Waals surface area contributed by atoms with Gasteiger partial charge < -0.3 is 5.32 Å². The second kappa shape index (κ2) is 8.48. The molecule has 0 amide bonds. The summed E-state index contributed by atoms with van der Waals surface area (Å²) in [6.07, 6.45) is 1.46. The molecule has 2 N–H and O–H groups in total. The van der Waals surface area contributed by atoms with Crippen LogP contribution in [0.4, 0.5) is 8.78 Å². The molecule has 3 aliphatic rings. The minimum absolute atomic E-state index is 0.0448. The van der Waals surface area contributed by atoms with E-state index in [0.29, 0.717) is 0 Å². The number of fused-ring (bicyclic) bond motifs is 2. The van der Waals surface area contributed by atoms with Gasteiger partial charge >= 0.3 is 5.97 Å². The fourth-order valence-corrected chi connectivity index (χ4v) is 7.20. The van der Waals surface area contributed by atoms with Crippen molar-refractivity contribution in [3.05, 3.63) is 71.3 Å². The minimum Gasteiger partial charge on any atom is -0.313 e. The molecule has 2 aromatic carbocycles. The monoisotopic (exact) mass is 455 g/mol. The second-order valence-electron chi connectivity index (χ2n) is 10.1. The van der Waals surface area contributed by atoms with Gasteiger partial charge in [0.05, 0.1) is 0 Å². The van der Waals surface area contributed by atoms with Gasteiger partial charge in [0, 0.05) is 24.8 Å². The first-order chi connectivity index (χ1) is 15.9. The summed E-state index contributed by atoms with van der Waals surface area (Å²) >= 11 is 0. The predicted molar refractivity (Wildman–Crippen MR) is 121 cm³/mol. The van der Waals surface area contributed by atoms with Gasteiger partial charge in [-0.05, 0) is 60.3 Å². The van der Waals surface area contributed by atoms with Gasteiger partial charge in [0.15, 0.2) is 0 Å².